The van der Waals surface area contributed by atoms with Crippen LogP contribution in [0.25, 0.3) is 0 Å². The van der Waals surface area contributed by atoms with Crippen LogP contribution in [0.4, 0.5) is 10.1 Å². The maximum absolute atomic E-state index is 12.9. The summed E-state index contributed by atoms with van der Waals surface area (Å²) < 4.78 is 37.5. The van der Waals surface area contributed by atoms with Gasteiger partial charge in [-0.25, -0.2) is 17.5 Å². The van der Waals surface area contributed by atoms with E-state index in [0.717, 1.165) is 29.5 Å². The van der Waals surface area contributed by atoms with E-state index >= 15 is 0 Å². The Morgan fingerprint density at radius 3 is 2.13 bits per heavy atom. The van der Waals surface area contributed by atoms with Gasteiger partial charge < -0.3 is 5.32 Å². The lowest BCUT2D eigenvalue weighted by atomic mass is 10.1. The van der Waals surface area contributed by atoms with Crippen LogP contribution in [0.1, 0.15) is 18.1 Å². The summed E-state index contributed by atoms with van der Waals surface area (Å²) in [6.07, 6.45) is 1.93. The molecule has 124 valence electrons. The Labute approximate surface area is 136 Å². The molecule has 0 radical (unpaired) electrons. The van der Waals surface area contributed by atoms with Gasteiger partial charge in [-0.2, -0.15) is 0 Å². The Hall–Kier alpha value is -1.92. The van der Waals surface area contributed by atoms with E-state index in [1.54, 1.807) is 12.1 Å². The van der Waals surface area contributed by atoms with Crippen LogP contribution in [0.3, 0.4) is 0 Å². The van der Waals surface area contributed by atoms with E-state index in [0.29, 0.717) is 0 Å². The highest BCUT2D eigenvalue weighted by molar-refractivity contribution is 7.88. The first-order valence-corrected chi connectivity index (χ1v) is 9.25. The van der Waals surface area contributed by atoms with Gasteiger partial charge in [0.05, 0.1) is 6.26 Å². The second kappa shape index (κ2) is 7.57. The second-order valence-electron chi connectivity index (χ2n) is 5.67. The molecule has 0 amide bonds. The van der Waals surface area contributed by atoms with Gasteiger partial charge in [-0.1, -0.05) is 24.3 Å². The van der Waals surface area contributed by atoms with Gasteiger partial charge >= 0.3 is 0 Å². The summed E-state index contributed by atoms with van der Waals surface area (Å²) in [4.78, 5) is 0. The van der Waals surface area contributed by atoms with Gasteiger partial charge in [-0.05, 0) is 48.7 Å². The molecule has 0 heterocycles. The average Bonchev–Trinajstić information content (AvgIpc) is 2.48. The molecule has 0 aliphatic heterocycles. The zero-order valence-electron chi connectivity index (χ0n) is 13.2. The fraction of sp³-hybridized carbons (Fsp3) is 0.294. The van der Waals surface area contributed by atoms with E-state index in [1.807, 2.05) is 24.3 Å². The Kier molecular flexibility index (Phi) is 5.74. The highest BCUT2D eigenvalue weighted by atomic mass is 32.2. The van der Waals surface area contributed by atoms with Crippen LogP contribution < -0.4 is 10.0 Å². The molecule has 0 aliphatic rings. The van der Waals surface area contributed by atoms with Gasteiger partial charge in [-0.3, -0.25) is 0 Å². The third kappa shape index (κ3) is 6.38. The molecule has 2 rings (SSSR count). The van der Waals surface area contributed by atoms with Gasteiger partial charge in [0.15, 0.2) is 0 Å². The molecule has 0 bridgehead atoms. The van der Waals surface area contributed by atoms with Crippen molar-refractivity contribution >= 4 is 15.7 Å². The smallest absolute Gasteiger partial charge is 0.209 e. The molecule has 2 aromatic carbocycles. The van der Waals surface area contributed by atoms with Crippen molar-refractivity contribution in [3.63, 3.8) is 0 Å². The summed E-state index contributed by atoms with van der Waals surface area (Å²) in [7, 11) is -3.18. The quantitative estimate of drug-likeness (QED) is 0.817. The largest absolute Gasteiger partial charge is 0.382 e. The molecule has 1 atom stereocenters. The minimum absolute atomic E-state index is 0.195. The van der Waals surface area contributed by atoms with E-state index in [4.69, 9.17) is 0 Å². The van der Waals surface area contributed by atoms with Gasteiger partial charge in [0.25, 0.3) is 0 Å². The average molecular weight is 336 g/mol. The predicted molar refractivity (Wildman–Crippen MR) is 91.3 cm³/mol. The normalized spacial score (nSPS) is 12.8. The van der Waals surface area contributed by atoms with Crippen LogP contribution in [0, 0.1) is 5.82 Å². The molecule has 2 aromatic rings. The predicted octanol–water partition coefficient (Wildman–Crippen LogP) is 2.92. The lowest BCUT2D eigenvalue weighted by Gasteiger charge is -2.16. The Morgan fingerprint density at radius 2 is 1.57 bits per heavy atom. The first-order valence-electron chi connectivity index (χ1n) is 7.36. The minimum atomic E-state index is -3.18. The number of rotatable bonds is 7. The lowest BCUT2D eigenvalue weighted by Crippen LogP contribution is -2.21. The van der Waals surface area contributed by atoms with Crippen molar-refractivity contribution < 1.29 is 12.8 Å². The van der Waals surface area contributed by atoms with Crippen LogP contribution in [-0.2, 0) is 23.0 Å². The van der Waals surface area contributed by atoms with Crippen molar-refractivity contribution in [3.05, 3.63) is 65.5 Å². The summed E-state index contributed by atoms with van der Waals surface area (Å²) in [5.74, 6) is -0.229. The number of benzene rings is 2. The van der Waals surface area contributed by atoms with Crippen LogP contribution in [0.5, 0.6) is 0 Å². The fourth-order valence-electron chi connectivity index (χ4n) is 2.24. The van der Waals surface area contributed by atoms with Crippen molar-refractivity contribution in [1.82, 2.24) is 4.72 Å². The summed E-state index contributed by atoms with van der Waals surface area (Å²) in [6.45, 7) is 2.34. The molecule has 2 N–H and O–H groups in total. The molecule has 6 heteroatoms. The molecule has 0 spiro atoms. The Morgan fingerprint density at radius 1 is 1.00 bits per heavy atom. The molecule has 4 nitrogen and oxygen atoms in total. The van der Waals surface area contributed by atoms with Gasteiger partial charge in [0.2, 0.25) is 10.0 Å². The van der Waals surface area contributed by atoms with Crippen molar-refractivity contribution in [2.75, 3.05) is 11.6 Å². The number of nitrogens with one attached hydrogen (secondary N) is 2. The first kappa shape index (κ1) is 17.4. The summed E-state index contributed by atoms with van der Waals surface area (Å²) in [5.41, 5.74) is 2.93. The summed E-state index contributed by atoms with van der Waals surface area (Å²) in [5, 5.41) is 3.37. The molecule has 0 aliphatic carbocycles. The maximum atomic E-state index is 12.9. The maximum Gasteiger partial charge on any atom is 0.209 e. The Bertz CT molecular complexity index is 728. The fourth-order valence-corrected chi connectivity index (χ4v) is 2.67. The van der Waals surface area contributed by atoms with Crippen LogP contribution in [0.15, 0.2) is 48.5 Å². The summed E-state index contributed by atoms with van der Waals surface area (Å²) >= 11 is 0. The van der Waals surface area contributed by atoms with E-state index in [1.165, 1.54) is 12.1 Å². The van der Waals surface area contributed by atoms with Gasteiger partial charge in [0, 0.05) is 18.3 Å². The van der Waals surface area contributed by atoms with Gasteiger partial charge in [-0.15, -0.1) is 0 Å². The van der Waals surface area contributed by atoms with Gasteiger partial charge in [0.1, 0.15) is 5.82 Å². The molecular formula is C17H21FN2O2S. The molecule has 0 saturated heterocycles. The van der Waals surface area contributed by atoms with Crippen LogP contribution in [-0.4, -0.2) is 20.7 Å². The number of sulfonamides is 1. The summed E-state index contributed by atoms with van der Waals surface area (Å²) in [6, 6.07) is 14.3. The van der Waals surface area contributed by atoms with E-state index in [9.17, 15) is 12.8 Å². The molecular weight excluding hydrogens is 315 g/mol. The first-order chi connectivity index (χ1) is 10.8. The third-order valence-corrected chi connectivity index (χ3v) is 4.03. The zero-order valence-corrected chi connectivity index (χ0v) is 14.0. The second-order valence-corrected chi connectivity index (χ2v) is 7.50. The minimum Gasteiger partial charge on any atom is -0.382 e. The SMILES string of the molecule is C[C@H](Cc1ccc(F)cc1)Nc1ccc(CNS(C)(=O)=O)cc1. The number of hydrogen-bond donors (Lipinski definition) is 2. The standard InChI is InChI=1S/C17H21FN2O2S/c1-13(11-14-3-7-16(18)8-4-14)20-17-9-5-15(6-10-17)12-19-23(2,21)22/h3-10,13,19-20H,11-12H2,1-2H3/t13-/m1/s1. The van der Waals surface area contributed by atoms with E-state index < -0.39 is 10.0 Å². The van der Waals surface area contributed by atoms with Crippen molar-refractivity contribution in [2.45, 2.75) is 25.9 Å². The van der Waals surface area contributed by atoms with Crippen molar-refractivity contribution in [1.29, 1.82) is 0 Å². The van der Waals surface area contributed by atoms with E-state index in [-0.39, 0.29) is 18.4 Å². The number of halogens is 1. The number of anilines is 1. The molecule has 0 unspecified atom stereocenters. The molecule has 23 heavy (non-hydrogen) atoms. The third-order valence-electron chi connectivity index (χ3n) is 3.36. The van der Waals surface area contributed by atoms with Crippen LogP contribution >= 0.6 is 0 Å². The zero-order chi connectivity index (χ0) is 16.9. The molecule has 0 saturated carbocycles. The molecule has 0 aromatic heterocycles. The number of hydrogen-bond acceptors (Lipinski definition) is 3. The van der Waals surface area contributed by atoms with Crippen molar-refractivity contribution in [2.24, 2.45) is 0 Å². The van der Waals surface area contributed by atoms with Crippen molar-refractivity contribution in [3.8, 4) is 0 Å². The Balaban J connectivity index is 1.88. The topological polar surface area (TPSA) is 58.2 Å². The highest BCUT2D eigenvalue weighted by Gasteiger charge is 2.05. The molecule has 0 fully saturated rings. The highest BCUT2D eigenvalue weighted by Crippen LogP contribution is 2.13. The van der Waals surface area contributed by atoms with E-state index in [2.05, 4.69) is 17.0 Å². The monoisotopic (exact) mass is 336 g/mol. The lowest BCUT2D eigenvalue weighted by molar-refractivity contribution is 0.587. The van der Waals surface area contributed by atoms with Crippen LogP contribution in [0.2, 0.25) is 0 Å².